The third-order valence-electron chi connectivity index (χ3n) is 4.78. The van der Waals surface area contributed by atoms with Gasteiger partial charge in [-0.05, 0) is 24.6 Å². The number of nitrogens with one attached hydrogen (secondary N) is 1. The lowest BCUT2D eigenvalue weighted by atomic mass is 10.0. The van der Waals surface area contributed by atoms with Crippen LogP contribution in [0, 0.1) is 17.0 Å². The summed E-state index contributed by atoms with van der Waals surface area (Å²) < 4.78 is 5.44. The number of carbonyl (C=O) groups is 1. The maximum Gasteiger partial charge on any atom is 0.272 e. The molecule has 1 amide bonds. The Balaban J connectivity index is 1.72. The zero-order valence-corrected chi connectivity index (χ0v) is 15.3. The van der Waals surface area contributed by atoms with E-state index in [1.807, 2.05) is 18.2 Å². The van der Waals surface area contributed by atoms with Gasteiger partial charge in [0.1, 0.15) is 0 Å². The van der Waals surface area contributed by atoms with Crippen molar-refractivity contribution in [2.24, 2.45) is 0 Å². The number of carbonyl (C=O) groups excluding carboxylic acids is 1. The molecule has 0 bridgehead atoms. The minimum absolute atomic E-state index is 0.0158. The smallest absolute Gasteiger partial charge is 0.272 e. The van der Waals surface area contributed by atoms with Crippen LogP contribution in [0.25, 0.3) is 0 Å². The zero-order chi connectivity index (χ0) is 19.2. The molecule has 3 rings (SSSR count). The lowest BCUT2D eigenvalue weighted by molar-refractivity contribution is -0.385. The minimum atomic E-state index is -0.444. The summed E-state index contributed by atoms with van der Waals surface area (Å²) >= 11 is 0. The summed E-state index contributed by atoms with van der Waals surface area (Å²) in [5.41, 5.74) is 2.05. The molecule has 0 saturated carbocycles. The molecule has 1 saturated heterocycles. The number of nitro groups is 1. The van der Waals surface area contributed by atoms with E-state index in [0.717, 1.165) is 18.7 Å². The molecule has 1 atom stereocenters. The number of aryl methyl sites for hydroxylation is 1. The van der Waals surface area contributed by atoms with E-state index >= 15 is 0 Å². The van der Waals surface area contributed by atoms with Gasteiger partial charge in [-0.3, -0.25) is 19.8 Å². The van der Waals surface area contributed by atoms with Gasteiger partial charge in [-0.25, -0.2) is 0 Å². The SMILES string of the molecule is Cc1cc(C(=O)NC[C@H](c2ccccc2)N2CCOCC2)ccc1[N+](=O)[O-]. The van der Waals surface area contributed by atoms with Gasteiger partial charge >= 0.3 is 0 Å². The fourth-order valence-corrected chi connectivity index (χ4v) is 3.32. The Hall–Kier alpha value is -2.77. The molecule has 1 aliphatic heterocycles. The fourth-order valence-electron chi connectivity index (χ4n) is 3.32. The topological polar surface area (TPSA) is 84.7 Å². The molecule has 1 heterocycles. The van der Waals surface area contributed by atoms with Crippen LogP contribution in [0.4, 0.5) is 5.69 Å². The molecule has 7 heteroatoms. The van der Waals surface area contributed by atoms with Crippen molar-refractivity contribution in [2.45, 2.75) is 13.0 Å². The van der Waals surface area contributed by atoms with Crippen LogP contribution in [0.5, 0.6) is 0 Å². The van der Waals surface area contributed by atoms with Gasteiger partial charge in [0.2, 0.25) is 0 Å². The van der Waals surface area contributed by atoms with Crippen LogP contribution >= 0.6 is 0 Å². The summed E-state index contributed by atoms with van der Waals surface area (Å²) in [6, 6.07) is 14.5. The number of nitro benzene ring substituents is 1. The Morgan fingerprint density at radius 1 is 1.22 bits per heavy atom. The molecule has 0 spiro atoms. The predicted molar refractivity (Wildman–Crippen MR) is 102 cm³/mol. The Morgan fingerprint density at radius 2 is 1.93 bits per heavy atom. The molecule has 0 aromatic heterocycles. The first-order chi connectivity index (χ1) is 13.1. The normalized spacial score (nSPS) is 15.9. The quantitative estimate of drug-likeness (QED) is 0.625. The number of amides is 1. The molecule has 1 fully saturated rings. The highest BCUT2D eigenvalue weighted by Crippen LogP contribution is 2.22. The van der Waals surface area contributed by atoms with Gasteiger partial charge in [0.05, 0.1) is 24.2 Å². The van der Waals surface area contributed by atoms with E-state index in [2.05, 4.69) is 22.3 Å². The Labute approximate surface area is 158 Å². The molecular formula is C20H23N3O4. The second kappa shape index (κ2) is 8.75. The second-order valence-corrected chi connectivity index (χ2v) is 6.54. The van der Waals surface area contributed by atoms with Gasteiger partial charge in [0.25, 0.3) is 11.6 Å². The third kappa shape index (κ3) is 4.69. The van der Waals surface area contributed by atoms with Crippen molar-refractivity contribution in [3.63, 3.8) is 0 Å². The molecule has 1 aliphatic rings. The zero-order valence-electron chi connectivity index (χ0n) is 15.3. The molecule has 7 nitrogen and oxygen atoms in total. The highest BCUT2D eigenvalue weighted by atomic mass is 16.6. The maximum atomic E-state index is 12.6. The van der Waals surface area contributed by atoms with Gasteiger partial charge in [0, 0.05) is 36.8 Å². The van der Waals surface area contributed by atoms with Crippen LogP contribution in [0.3, 0.4) is 0 Å². The van der Waals surface area contributed by atoms with E-state index in [0.29, 0.717) is 30.9 Å². The summed E-state index contributed by atoms with van der Waals surface area (Å²) in [4.78, 5) is 25.4. The van der Waals surface area contributed by atoms with Crippen LogP contribution in [0.15, 0.2) is 48.5 Å². The van der Waals surface area contributed by atoms with E-state index < -0.39 is 4.92 Å². The maximum absolute atomic E-state index is 12.6. The highest BCUT2D eigenvalue weighted by Gasteiger charge is 2.23. The molecule has 2 aromatic rings. The van der Waals surface area contributed by atoms with Crippen LogP contribution < -0.4 is 5.32 Å². The average molecular weight is 369 g/mol. The third-order valence-corrected chi connectivity index (χ3v) is 4.78. The Morgan fingerprint density at radius 3 is 2.56 bits per heavy atom. The Kier molecular flexibility index (Phi) is 6.16. The number of nitrogens with zero attached hydrogens (tertiary/aromatic N) is 2. The van der Waals surface area contributed by atoms with Gasteiger partial charge in [0.15, 0.2) is 0 Å². The molecule has 2 aromatic carbocycles. The summed E-state index contributed by atoms with van der Waals surface area (Å²) in [6.45, 7) is 5.07. The highest BCUT2D eigenvalue weighted by molar-refractivity contribution is 5.94. The van der Waals surface area contributed by atoms with Crippen molar-refractivity contribution >= 4 is 11.6 Å². The fraction of sp³-hybridized carbons (Fsp3) is 0.350. The molecule has 0 aliphatic carbocycles. The summed E-state index contributed by atoms with van der Waals surface area (Å²) in [6.07, 6.45) is 0. The van der Waals surface area contributed by atoms with Crippen LogP contribution in [-0.4, -0.2) is 48.6 Å². The van der Waals surface area contributed by atoms with Gasteiger partial charge in [-0.15, -0.1) is 0 Å². The van der Waals surface area contributed by atoms with Crippen molar-refractivity contribution in [3.05, 3.63) is 75.3 Å². The number of hydrogen-bond acceptors (Lipinski definition) is 5. The van der Waals surface area contributed by atoms with Crippen molar-refractivity contribution < 1.29 is 14.5 Å². The predicted octanol–water partition coefficient (Wildman–Crippen LogP) is 2.71. The van der Waals surface area contributed by atoms with Gasteiger partial charge in [-0.1, -0.05) is 30.3 Å². The minimum Gasteiger partial charge on any atom is -0.379 e. The monoisotopic (exact) mass is 369 g/mol. The molecule has 0 unspecified atom stereocenters. The number of morpholine rings is 1. The van der Waals surface area contributed by atoms with E-state index in [-0.39, 0.29) is 17.6 Å². The van der Waals surface area contributed by atoms with E-state index in [4.69, 9.17) is 4.74 Å². The Bertz CT molecular complexity index is 804. The van der Waals surface area contributed by atoms with Crippen molar-refractivity contribution in [2.75, 3.05) is 32.8 Å². The number of hydrogen-bond donors (Lipinski definition) is 1. The first kappa shape index (κ1) is 19.0. The largest absolute Gasteiger partial charge is 0.379 e. The number of rotatable bonds is 6. The number of benzene rings is 2. The summed E-state index contributed by atoms with van der Waals surface area (Å²) in [5.74, 6) is -0.234. The number of ether oxygens (including phenoxy) is 1. The van der Waals surface area contributed by atoms with E-state index in [9.17, 15) is 14.9 Å². The second-order valence-electron chi connectivity index (χ2n) is 6.54. The molecular weight excluding hydrogens is 346 g/mol. The first-order valence-corrected chi connectivity index (χ1v) is 8.96. The average Bonchev–Trinajstić information content (AvgIpc) is 2.69. The lowest BCUT2D eigenvalue weighted by Crippen LogP contribution is -2.43. The van der Waals surface area contributed by atoms with Crippen molar-refractivity contribution in [1.29, 1.82) is 0 Å². The molecule has 0 radical (unpaired) electrons. The summed E-state index contributed by atoms with van der Waals surface area (Å²) in [7, 11) is 0. The van der Waals surface area contributed by atoms with E-state index in [1.54, 1.807) is 13.0 Å². The van der Waals surface area contributed by atoms with Gasteiger partial charge in [-0.2, -0.15) is 0 Å². The van der Waals surface area contributed by atoms with Crippen LogP contribution in [0.2, 0.25) is 0 Å². The molecule has 142 valence electrons. The first-order valence-electron chi connectivity index (χ1n) is 8.96. The van der Waals surface area contributed by atoms with E-state index in [1.165, 1.54) is 12.1 Å². The summed E-state index contributed by atoms with van der Waals surface area (Å²) in [5, 5.41) is 13.9. The van der Waals surface area contributed by atoms with Crippen molar-refractivity contribution in [1.82, 2.24) is 10.2 Å². The molecule has 1 N–H and O–H groups in total. The van der Waals surface area contributed by atoms with Crippen LogP contribution in [0.1, 0.15) is 27.5 Å². The van der Waals surface area contributed by atoms with Gasteiger partial charge < -0.3 is 10.1 Å². The standard InChI is InChI=1S/C20H23N3O4/c1-15-13-17(7-8-18(15)23(25)26)20(24)21-14-19(16-5-3-2-4-6-16)22-9-11-27-12-10-22/h2-8,13,19H,9-12,14H2,1H3,(H,21,24)/t19-/m1/s1. The lowest BCUT2D eigenvalue weighted by Gasteiger charge is -2.35. The molecule has 27 heavy (non-hydrogen) atoms. The van der Waals surface area contributed by atoms with Crippen molar-refractivity contribution in [3.8, 4) is 0 Å². The van der Waals surface area contributed by atoms with Crippen LogP contribution in [-0.2, 0) is 4.74 Å².